The fourth-order valence-electron chi connectivity index (χ4n) is 2.03. The van der Waals surface area contributed by atoms with Crippen molar-refractivity contribution in [2.75, 3.05) is 0 Å². The quantitative estimate of drug-likeness (QED) is 0.752. The Hall–Kier alpha value is -0.870. The number of alkyl halides is 1. The average molecular weight is 343 g/mol. The van der Waals surface area contributed by atoms with Crippen molar-refractivity contribution in [3.8, 4) is 11.4 Å². The molecule has 0 spiro atoms. The fourth-order valence-corrected chi connectivity index (χ4v) is 2.58. The molecule has 0 aliphatic rings. The zero-order chi connectivity index (χ0) is 14.2. The molecule has 0 aliphatic carbocycles. The molecular formula is C14H17BrClN3. The van der Waals surface area contributed by atoms with E-state index in [4.69, 9.17) is 11.6 Å². The standard InChI is InChI=1S/C14H17BrClN3/c1-9-5-6-10(7-11(9)15)13-18-17-12(8-16)19(13)14(2,3)4/h5-7H,8H2,1-4H3. The van der Waals surface area contributed by atoms with Crippen LogP contribution >= 0.6 is 27.5 Å². The number of hydrogen-bond donors (Lipinski definition) is 0. The lowest BCUT2D eigenvalue weighted by molar-refractivity contribution is 0.390. The van der Waals surface area contributed by atoms with E-state index >= 15 is 0 Å². The van der Waals surface area contributed by atoms with Gasteiger partial charge in [-0.15, -0.1) is 21.8 Å². The van der Waals surface area contributed by atoms with Crippen LogP contribution in [0.1, 0.15) is 32.2 Å². The van der Waals surface area contributed by atoms with Crippen LogP contribution in [0.2, 0.25) is 0 Å². The van der Waals surface area contributed by atoms with Crippen molar-refractivity contribution in [3.05, 3.63) is 34.1 Å². The molecule has 0 bridgehead atoms. The molecule has 2 rings (SSSR count). The molecule has 0 saturated carbocycles. The predicted octanol–water partition coefficient (Wildman–Crippen LogP) is 4.51. The van der Waals surface area contributed by atoms with Gasteiger partial charge in [-0.3, -0.25) is 0 Å². The van der Waals surface area contributed by atoms with Gasteiger partial charge >= 0.3 is 0 Å². The van der Waals surface area contributed by atoms with Crippen molar-refractivity contribution < 1.29 is 0 Å². The Morgan fingerprint density at radius 2 is 1.95 bits per heavy atom. The molecule has 0 saturated heterocycles. The van der Waals surface area contributed by atoms with Crippen LogP contribution in [0, 0.1) is 6.92 Å². The molecular weight excluding hydrogens is 326 g/mol. The molecule has 0 radical (unpaired) electrons. The monoisotopic (exact) mass is 341 g/mol. The lowest BCUT2D eigenvalue weighted by Gasteiger charge is -2.24. The Bertz CT molecular complexity index is 599. The first kappa shape index (κ1) is 14.5. The summed E-state index contributed by atoms with van der Waals surface area (Å²) in [6.07, 6.45) is 0. The van der Waals surface area contributed by atoms with Gasteiger partial charge in [-0.05, 0) is 39.3 Å². The minimum absolute atomic E-state index is 0.111. The highest BCUT2D eigenvalue weighted by molar-refractivity contribution is 9.10. The summed E-state index contributed by atoms with van der Waals surface area (Å²) in [6, 6.07) is 6.20. The van der Waals surface area contributed by atoms with Crippen LogP contribution in [0.4, 0.5) is 0 Å². The van der Waals surface area contributed by atoms with Crippen LogP contribution in [0.5, 0.6) is 0 Å². The third-order valence-corrected chi connectivity index (χ3v) is 4.04. The van der Waals surface area contributed by atoms with E-state index in [1.54, 1.807) is 0 Å². The van der Waals surface area contributed by atoms with Crippen molar-refractivity contribution in [1.82, 2.24) is 14.8 Å². The maximum Gasteiger partial charge on any atom is 0.164 e. The molecule has 1 aromatic carbocycles. The number of hydrogen-bond acceptors (Lipinski definition) is 2. The highest BCUT2D eigenvalue weighted by atomic mass is 79.9. The van der Waals surface area contributed by atoms with E-state index in [0.717, 1.165) is 21.7 Å². The summed E-state index contributed by atoms with van der Waals surface area (Å²) in [4.78, 5) is 0. The van der Waals surface area contributed by atoms with Crippen molar-refractivity contribution in [2.45, 2.75) is 39.1 Å². The number of benzene rings is 1. The second-order valence-electron chi connectivity index (χ2n) is 5.54. The molecule has 0 aliphatic heterocycles. The SMILES string of the molecule is Cc1ccc(-c2nnc(CCl)n2C(C)(C)C)cc1Br. The average Bonchev–Trinajstić information content (AvgIpc) is 2.76. The second-order valence-corrected chi connectivity index (χ2v) is 6.67. The van der Waals surface area contributed by atoms with Gasteiger partial charge in [0, 0.05) is 15.6 Å². The normalized spacial score (nSPS) is 11.9. The smallest absolute Gasteiger partial charge is 0.164 e. The second kappa shape index (κ2) is 5.25. The lowest BCUT2D eigenvalue weighted by atomic mass is 10.1. The van der Waals surface area contributed by atoms with Gasteiger partial charge in [-0.25, -0.2) is 0 Å². The molecule has 5 heteroatoms. The van der Waals surface area contributed by atoms with Gasteiger partial charge in [0.2, 0.25) is 0 Å². The zero-order valence-corrected chi connectivity index (χ0v) is 13.9. The number of halogens is 2. The number of aryl methyl sites for hydroxylation is 1. The molecule has 0 fully saturated rings. The summed E-state index contributed by atoms with van der Waals surface area (Å²) in [7, 11) is 0. The topological polar surface area (TPSA) is 30.7 Å². The molecule has 1 heterocycles. The first-order valence-corrected chi connectivity index (χ1v) is 7.44. The Labute approximate surface area is 127 Å². The van der Waals surface area contributed by atoms with Crippen molar-refractivity contribution >= 4 is 27.5 Å². The first-order chi connectivity index (χ1) is 8.84. The van der Waals surface area contributed by atoms with E-state index in [9.17, 15) is 0 Å². The Morgan fingerprint density at radius 1 is 1.26 bits per heavy atom. The van der Waals surface area contributed by atoms with Gasteiger partial charge in [-0.2, -0.15) is 0 Å². The first-order valence-electron chi connectivity index (χ1n) is 6.12. The van der Waals surface area contributed by atoms with Crippen molar-refractivity contribution in [1.29, 1.82) is 0 Å². The van der Waals surface area contributed by atoms with Crippen LogP contribution < -0.4 is 0 Å². The number of nitrogens with zero attached hydrogens (tertiary/aromatic N) is 3. The minimum Gasteiger partial charge on any atom is -0.305 e. The molecule has 0 N–H and O–H groups in total. The van der Waals surface area contributed by atoms with Crippen molar-refractivity contribution in [3.63, 3.8) is 0 Å². The highest BCUT2D eigenvalue weighted by Gasteiger charge is 2.23. The molecule has 0 unspecified atom stereocenters. The van der Waals surface area contributed by atoms with E-state index in [1.165, 1.54) is 5.56 Å². The van der Waals surface area contributed by atoms with Crippen LogP contribution in [0.3, 0.4) is 0 Å². The van der Waals surface area contributed by atoms with Gasteiger partial charge in [0.25, 0.3) is 0 Å². The zero-order valence-electron chi connectivity index (χ0n) is 11.5. The summed E-state index contributed by atoms with van der Waals surface area (Å²) in [5.41, 5.74) is 2.12. The molecule has 3 nitrogen and oxygen atoms in total. The minimum atomic E-state index is -0.111. The maximum absolute atomic E-state index is 5.96. The number of rotatable bonds is 2. The Kier molecular flexibility index (Phi) is 4.02. The van der Waals surface area contributed by atoms with Gasteiger partial charge in [0.1, 0.15) is 5.82 Å². The third kappa shape index (κ3) is 2.84. The summed E-state index contributed by atoms with van der Waals surface area (Å²) in [6.45, 7) is 8.43. The molecule has 19 heavy (non-hydrogen) atoms. The Morgan fingerprint density at radius 3 is 2.47 bits per heavy atom. The van der Waals surface area contributed by atoms with Gasteiger partial charge in [0.15, 0.2) is 5.82 Å². The maximum atomic E-state index is 5.96. The number of aromatic nitrogens is 3. The summed E-state index contributed by atoms with van der Waals surface area (Å²) in [5.74, 6) is 2.00. The van der Waals surface area contributed by atoms with Crippen LogP contribution in [0.15, 0.2) is 22.7 Å². The summed E-state index contributed by atoms with van der Waals surface area (Å²) >= 11 is 9.52. The third-order valence-electron chi connectivity index (χ3n) is 2.95. The molecule has 0 atom stereocenters. The van der Waals surface area contributed by atoms with Gasteiger partial charge < -0.3 is 4.57 Å². The van der Waals surface area contributed by atoms with Crippen LogP contribution in [-0.4, -0.2) is 14.8 Å². The summed E-state index contributed by atoms with van der Waals surface area (Å²) < 4.78 is 3.16. The molecule has 2 aromatic rings. The summed E-state index contributed by atoms with van der Waals surface area (Å²) in [5, 5.41) is 8.50. The largest absolute Gasteiger partial charge is 0.305 e. The van der Waals surface area contributed by atoms with Gasteiger partial charge in [-0.1, -0.05) is 28.1 Å². The lowest BCUT2D eigenvalue weighted by Crippen LogP contribution is -2.24. The van der Waals surface area contributed by atoms with E-state index in [0.29, 0.717) is 5.88 Å². The van der Waals surface area contributed by atoms with Crippen LogP contribution in [-0.2, 0) is 11.4 Å². The van der Waals surface area contributed by atoms with Gasteiger partial charge in [0.05, 0.1) is 5.88 Å². The molecule has 102 valence electrons. The van der Waals surface area contributed by atoms with E-state index in [2.05, 4.69) is 76.6 Å². The highest BCUT2D eigenvalue weighted by Crippen LogP contribution is 2.29. The van der Waals surface area contributed by atoms with E-state index in [1.807, 2.05) is 0 Å². The van der Waals surface area contributed by atoms with E-state index < -0.39 is 0 Å². The van der Waals surface area contributed by atoms with E-state index in [-0.39, 0.29) is 5.54 Å². The Balaban J connectivity index is 2.62. The predicted molar refractivity (Wildman–Crippen MR) is 82.4 cm³/mol. The fraction of sp³-hybridized carbons (Fsp3) is 0.429. The van der Waals surface area contributed by atoms with Crippen LogP contribution in [0.25, 0.3) is 11.4 Å². The molecule has 0 amide bonds. The molecule has 1 aromatic heterocycles. The van der Waals surface area contributed by atoms with Crippen molar-refractivity contribution in [2.24, 2.45) is 0 Å².